The molecule has 3 nitrogen and oxygen atoms in total. The molecule has 1 aromatic rings. The summed E-state index contributed by atoms with van der Waals surface area (Å²) in [6.07, 6.45) is 5.33. The summed E-state index contributed by atoms with van der Waals surface area (Å²) in [5.74, 6) is 0. The van der Waals surface area contributed by atoms with E-state index in [0.29, 0.717) is 0 Å². The zero-order valence-corrected chi connectivity index (χ0v) is 11.9. The topological polar surface area (TPSA) is 42.1 Å². The van der Waals surface area contributed by atoms with Crippen LogP contribution in [0.4, 0.5) is 0 Å². The van der Waals surface area contributed by atoms with Gasteiger partial charge in [-0.3, -0.25) is 9.88 Å². The molecule has 2 atom stereocenters. The van der Waals surface area contributed by atoms with Crippen LogP contribution in [0.3, 0.4) is 0 Å². The highest BCUT2D eigenvalue weighted by Gasteiger charge is 2.30. The van der Waals surface area contributed by atoms with E-state index in [1.807, 2.05) is 12.3 Å². The van der Waals surface area contributed by atoms with E-state index in [2.05, 4.69) is 38.8 Å². The molecule has 0 saturated carbocycles. The molecule has 17 heavy (non-hydrogen) atoms. The molecule has 1 aliphatic rings. The minimum Gasteiger partial charge on any atom is -0.326 e. The van der Waals surface area contributed by atoms with Crippen molar-refractivity contribution >= 4 is 15.9 Å². The fourth-order valence-electron chi connectivity index (χ4n) is 2.60. The minimum absolute atomic E-state index is 0.212. The van der Waals surface area contributed by atoms with Crippen LogP contribution < -0.4 is 5.73 Å². The predicted octanol–water partition coefficient (Wildman–Crippen LogP) is 2.72. The quantitative estimate of drug-likeness (QED) is 0.933. The van der Waals surface area contributed by atoms with E-state index in [4.69, 9.17) is 5.73 Å². The van der Waals surface area contributed by atoms with E-state index < -0.39 is 0 Å². The molecule has 1 aliphatic heterocycles. The summed E-state index contributed by atoms with van der Waals surface area (Å²) in [5, 5.41) is 0. The number of piperidine rings is 1. The van der Waals surface area contributed by atoms with Crippen LogP contribution in [0.1, 0.15) is 37.9 Å². The van der Waals surface area contributed by atoms with Crippen LogP contribution >= 0.6 is 15.9 Å². The Morgan fingerprint density at radius 3 is 3.00 bits per heavy atom. The van der Waals surface area contributed by atoms with Gasteiger partial charge in [0.15, 0.2) is 0 Å². The highest BCUT2D eigenvalue weighted by Crippen LogP contribution is 2.29. The molecular formula is C13H20BrN3. The van der Waals surface area contributed by atoms with Crippen molar-refractivity contribution in [2.45, 2.75) is 38.3 Å². The predicted molar refractivity (Wildman–Crippen MR) is 73.8 cm³/mol. The third kappa shape index (κ3) is 3.06. The summed E-state index contributed by atoms with van der Waals surface area (Å²) in [4.78, 5) is 6.99. The number of rotatable bonds is 3. The van der Waals surface area contributed by atoms with E-state index in [-0.39, 0.29) is 12.1 Å². The van der Waals surface area contributed by atoms with Crippen molar-refractivity contribution in [3.63, 3.8) is 0 Å². The molecule has 1 saturated heterocycles. The van der Waals surface area contributed by atoms with Crippen LogP contribution in [0.25, 0.3) is 0 Å². The lowest BCUT2D eigenvalue weighted by Gasteiger charge is -2.39. The minimum atomic E-state index is 0.212. The Hall–Kier alpha value is -0.450. The van der Waals surface area contributed by atoms with Gasteiger partial charge in [-0.15, -0.1) is 0 Å². The maximum atomic E-state index is 6.28. The summed E-state index contributed by atoms with van der Waals surface area (Å²) >= 11 is 3.42. The molecule has 2 N–H and O–H groups in total. The van der Waals surface area contributed by atoms with Gasteiger partial charge in [0.1, 0.15) is 0 Å². The molecule has 0 bridgehead atoms. The lowest BCUT2D eigenvalue weighted by Crippen LogP contribution is -2.46. The summed E-state index contributed by atoms with van der Waals surface area (Å²) in [6.45, 7) is 4.46. The van der Waals surface area contributed by atoms with Crippen molar-refractivity contribution in [2.75, 3.05) is 13.1 Å². The van der Waals surface area contributed by atoms with Gasteiger partial charge in [0.2, 0.25) is 0 Å². The first kappa shape index (κ1) is 13.0. The monoisotopic (exact) mass is 297 g/mol. The highest BCUT2D eigenvalue weighted by atomic mass is 79.9. The zero-order chi connectivity index (χ0) is 12.3. The standard InChI is InChI=1S/C13H20BrN3/c1-2-7-17-8-3-4-11(15)13(17)12-6-5-10(14)9-16-12/h5-6,9,11,13H,2-4,7-8,15H2,1H3. The first-order valence-electron chi connectivity index (χ1n) is 6.33. The molecule has 0 radical (unpaired) electrons. The average molecular weight is 298 g/mol. The normalized spacial score (nSPS) is 26.1. The second kappa shape index (κ2) is 5.94. The average Bonchev–Trinajstić information content (AvgIpc) is 2.32. The van der Waals surface area contributed by atoms with Gasteiger partial charge in [-0.1, -0.05) is 6.92 Å². The van der Waals surface area contributed by atoms with Crippen molar-refractivity contribution < 1.29 is 0 Å². The third-order valence-corrected chi connectivity index (χ3v) is 3.81. The Bertz CT molecular complexity index is 350. The summed E-state index contributed by atoms with van der Waals surface area (Å²) in [7, 11) is 0. The van der Waals surface area contributed by atoms with Crippen molar-refractivity contribution in [1.29, 1.82) is 0 Å². The fourth-order valence-corrected chi connectivity index (χ4v) is 2.84. The van der Waals surface area contributed by atoms with Crippen LogP contribution in [-0.2, 0) is 0 Å². The van der Waals surface area contributed by atoms with Gasteiger partial charge in [0.25, 0.3) is 0 Å². The van der Waals surface area contributed by atoms with Crippen molar-refractivity contribution in [2.24, 2.45) is 5.73 Å². The maximum absolute atomic E-state index is 6.28. The number of halogens is 1. The SMILES string of the molecule is CCCN1CCCC(N)C1c1ccc(Br)cn1. The number of nitrogens with zero attached hydrogens (tertiary/aromatic N) is 2. The first-order valence-corrected chi connectivity index (χ1v) is 7.12. The number of aromatic nitrogens is 1. The van der Waals surface area contributed by atoms with Gasteiger partial charge in [-0.05, 0) is 60.4 Å². The van der Waals surface area contributed by atoms with Crippen molar-refractivity contribution in [3.05, 3.63) is 28.5 Å². The van der Waals surface area contributed by atoms with Crippen molar-refractivity contribution in [3.8, 4) is 0 Å². The van der Waals surface area contributed by atoms with Crippen LogP contribution in [0.5, 0.6) is 0 Å². The lowest BCUT2D eigenvalue weighted by molar-refractivity contribution is 0.125. The van der Waals surface area contributed by atoms with E-state index >= 15 is 0 Å². The van der Waals surface area contributed by atoms with Gasteiger partial charge in [0.05, 0.1) is 11.7 Å². The Labute approximate surface area is 112 Å². The van der Waals surface area contributed by atoms with Crippen LogP contribution in [0.15, 0.2) is 22.8 Å². The Kier molecular flexibility index (Phi) is 4.54. The molecule has 2 heterocycles. The largest absolute Gasteiger partial charge is 0.326 e. The van der Waals surface area contributed by atoms with Gasteiger partial charge in [-0.2, -0.15) is 0 Å². The van der Waals surface area contributed by atoms with Gasteiger partial charge < -0.3 is 5.73 Å². The number of hydrogen-bond donors (Lipinski definition) is 1. The van der Waals surface area contributed by atoms with Crippen LogP contribution in [0.2, 0.25) is 0 Å². The second-order valence-corrected chi connectivity index (χ2v) is 5.60. The molecule has 1 fully saturated rings. The summed E-state index contributed by atoms with van der Waals surface area (Å²) < 4.78 is 1.02. The molecule has 0 amide bonds. The van der Waals surface area contributed by atoms with Crippen LogP contribution in [0, 0.1) is 0 Å². The molecule has 0 spiro atoms. The summed E-state index contributed by atoms with van der Waals surface area (Å²) in [5.41, 5.74) is 7.38. The lowest BCUT2D eigenvalue weighted by atomic mass is 9.94. The van der Waals surface area contributed by atoms with E-state index in [0.717, 1.165) is 29.7 Å². The second-order valence-electron chi connectivity index (χ2n) is 4.69. The maximum Gasteiger partial charge on any atom is 0.0673 e. The molecule has 0 aromatic carbocycles. The Balaban J connectivity index is 2.21. The molecule has 2 unspecified atom stereocenters. The van der Waals surface area contributed by atoms with E-state index in [1.165, 1.54) is 12.8 Å². The number of pyridine rings is 1. The highest BCUT2D eigenvalue weighted by molar-refractivity contribution is 9.10. The summed E-state index contributed by atoms with van der Waals surface area (Å²) in [6, 6.07) is 4.64. The van der Waals surface area contributed by atoms with Crippen molar-refractivity contribution in [1.82, 2.24) is 9.88 Å². The van der Waals surface area contributed by atoms with Gasteiger partial charge in [0, 0.05) is 16.7 Å². The molecular weight excluding hydrogens is 278 g/mol. The van der Waals surface area contributed by atoms with Gasteiger partial charge in [-0.25, -0.2) is 0 Å². The Morgan fingerprint density at radius 2 is 2.35 bits per heavy atom. The molecule has 4 heteroatoms. The molecule has 0 aliphatic carbocycles. The Morgan fingerprint density at radius 1 is 1.53 bits per heavy atom. The first-order chi connectivity index (χ1) is 8.22. The van der Waals surface area contributed by atoms with Crippen LogP contribution in [-0.4, -0.2) is 29.0 Å². The third-order valence-electron chi connectivity index (χ3n) is 3.35. The number of likely N-dealkylation sites (tertiary alicyclic amines) is 1. The van der Waals surface area contributed by atoms with E-state index in [1.54, 1.807) is 0 Å². The number of nitrogens with two attached hydrogens (primary N) is 1. The van der Waals surface area contributed by atoms with Gasteiger partial charge >= 0.3 is 0 Å². The van der Waals surface area contributed by atoms with E-state index in [9.17, 15) is 0 Å². The number of hydrogen-bond acceptors (Lipinski definition) is 3. The smallest absolute Gasteiger partial charge is 0.0673 e. The molecule has 94 valence electrons. The molecule has 1 aromatic heterocycles. The molecule has 2 rings (SSSR count). The fraction of sp³-hybridized carbons (Fsp3) is 0.615. The zero-order valence-electron chi connectivity index (χ0n) is 10.3.